The highest BCUT2D eigenvalue weighted by Gasteiger charge is 2.37. The summed E-state index contributed by atoms with van der Waals surface area (Å²) in [6.45, 7) is 0. The number of allylic oxidation sites excluding steroid dienone is 2. The molecule has 1 N–H and O–H groups in total. The number of fused-ring (bicyclic) bond motifs is 5. The summed E-state index contributed by atoms with van der Waals surface area (Å²) >= 11 is 0. The number of hydrogen-bond donors (Lipinski definition) is 1. The number of rotatable bonds is 1. The van der Waals surface area contributed by atoms with Crippen molar-refractivity contribution in [1.82, 2.24) is 5.32 Å². The lowest BCUT2D eigenvalue weighted by Crippen LogP contribution is -2.30. The fraction of sp³-hybridized carbons (Fsp3) is 0.333. The van der Waals surface area contributed by atoms with E-state index in [1.54, 1.807) is 11.3 Å². The number of furan rings is 1. The maximum atomic E-state index is 6.00. The van der Waals surface area contributed by atoms with Gasteiger partial charge in [0.05, 0.1) is 6.04 Å². The Hall–Kier alpha value is -2.48. The van der Waals surface area contributed by atoms with Crippen LogP contribution in [0.25, 0.3) is 21.9 Å². The van der Waals surface area contributed by atoms with Gasteiger partial charge >= 0.3 is 0 Å². The van der Waals surface area contributed by atoms with Crippen LogP contribution in [0.1, 0.15) is 43.6 Å². The molecular weight excluding hydrogens is 318 g/mol. The Kier molecular flexibility index (Phi) is 3.11. The molecule has 0 spiro atoms. The lowest BCUT2D eigenvalue weighted by atomic mass is 9.76. The van der Waals surface area contributed by atoms with E-state index in [1.807, 2.05) is 6.07 Å². The first kappa shape index (κ1) is 14.7. The summed E-state index contributed by atoms with van der Waals surface area (Å²) < 4.78 is 6.00. The fourth-order valence-electron chi connectivity index (χ4n) is 5.32. The van der Waals surface area contributed by atoms with Crippen LogP contribution in [0.3, 0.4) is 0 Å². The monoisotopic (exact) mass is 341 g/mol. The third-order valence-corrected chi connectivity index (χ3v) is 6.62. The highest BCUT2D eigenvalue weighted by atomic mass is 16.3. The summed E-state index contributed by atoms with van der Waals surface area (Å²) in [5.41, 5.74) is 6.69. The van der Waals surface area contributed by atoms with E-state index in [0.717, 1.165) is 11.2 Å². The molecule has 0 amide bonds. The van der Waals surface area contributed by atoms with Gasteiger partial charge in [-0.2, -0.15) is 0 Å². The van der Waals surface area contributed by atoms with Gasteiger partial charge in [-0.05, 0) is 61.4 Å². The summed E-state index contributed by atoms with van der Waals surface area (Å²) in [6, 6.07) is 15.7. The van der Waals surface area contributed by atoms with Crippen LogP contribution in [-0.2, 0) is 0 Å². The van der Waals surface area contributed by atoms with Gasteiger partial charge in [0, 0.05) is 28.3 Å². The lowest BCUT2D eigenvalue weighted by molar-refractivity contribution is 0.449. The van der Waals surface area contributed by atoms with Crippen LogP contribution in [0.2, 0.25) is 0 Å². The number of nitrogens with one attached hydrogen (secondary N) is 1. The highest BCUT2D eigenvalue weighted by molar-refractivity contribution is 6.05. The van der Waals surface area contributed by atoms with Crippen molar-refractivity contribution in [2.45, 2.75) is 44.1 Å². The Bertz CT molecular complexity index is 1070. The maximum absolute atomic E-state index is 6.00. The third kappa shape index (κ3) is 2.11. The Balaban J connectivity index is 1.39. The molecule has 3 atom stereocenters. The van der Waals surface area contributed by atoms with Crippen LogP contribution in [0.4, 0.5) is 0 Å². The van der Waals surface area contributed by atoms with E-state index in [4.69, 9.17) is 4.42 Å². The summed E-state index contributed by atoms with van der Waals surface area (Å²) in [5, 5.41) is 6.26. The van der Waals surface area contributed by atoms with Crippen molar-refractivity contribution in [3.63, 3.8) is 0 Å². The molecule has 130 valence electrons. The quantitative estimate of drug-likeness (QED) is 0.545. The molecule has 2 nitrogen and oxygen atoms in total. The summed E-state index contributed by atoms with van der Waals surface area (Å²) in [6.07, 6.45) is 11.4. The summed E-state index contributed by atoms with van der Waals surface area (Å²) in [4.78, 5) is 0. The Morgan fingerprint density at radius 3 is 2.77 bits per heavy atom. The molecular formula is C24H23NO. The van der Waals surface area contributed by atoms with Gasteiger partial charge in [-0.1, -0.05) is 36.4 Å². The van der Waals surface area contributed by atoms with Gasteiger partial charge in [-0.3, -0.25) is 0 Å². The minimum Gasteiger partial charge on any atom is -0.456 e. The second-order valence-corrected chi connectivity index (χ2v) is 8.07. The van der Waals surface area contributed by atoms with Crippen LogP contribution < -0.4 is 5.32 Å². The van der Waals surface area contributed by atoms with Crippen molar-refractivity contribution in [3.05, 3.63) is 71.5 Å². The van der Waals surface area contributed by atoms with Gasteiger partial charge in [-0.15, -0.1) is 0 Å². The predicted octanol–water partition coefficient (Wildman–Crippen LogP) is 6.05. The normalized spacial score (nSPS) is 27.6. The molecule has 3 unspecified atom stereocenters. The van der Waals surface area contributed by atoms with E-state index in [2.05, 4.69) is 53.9 Å². The average molecular weight is 341 g/mol. The second kappa shape index (κ2) is 5.51. The van der Waals surface area contributed by atoms with Gasteiger partial charge in [-0.25, -0.2) is 0 Å². The third-order valence-electron chi connectivity index (χ3n) is 6.62. The molecule has 0 saturated carbocycles. The molecule has 2 heteroatoms. The molecule has 0 fully saturated rings. The smallest absolute Gasteiger partial charge is 0.135 e. The molecule has 3 aliphatic rings. The van der Waals surface area contributed by atoms with Gasteiger partial charge in [0.15, 0.2) is 0 Å². The van der Waals surface area contributed by atoms with E-state index in [1.165, 1.54) is 48.4 Å². The van der Waals surface area contributed by atoms with Crippen molar-refractivity contribution < 1.29 is 4.42 Å². The van der Waals surface area contributed by atoms with Gasteiger partial charge < -0.3 is 9.73 Å². The molecule has 26 heavy (non-hydrogen) atoms. The number of benzene rings is 2. The molecule has 1 aliphatic heterocycles. The molecule has 1 aromatic heterocycles. The van der Waals surface area contributed by atoms with Crippen molar-refractivity contribution in [2.75, 3.05) is 0 Å². The van der Waals surface area contributed by atoms with Crippen molar-refractivity contribution in [3.8, 4) is 0 Å². The summed E-state index contributed by atoms with van der Waals surface area (Å²) in [7, 11) is 0. The minimum absolute atomic E-state index is 0.505. The van der Waals surface area contributed by atoms with Crippen LogP contribution in [0.5, 0.6) is 0 Å². The van der Waals surface area contributed by atoms with Crippen LogP contribution in [0.15, 0.2) is 70.3 Å². The largest absolute Gasteiger partial charge is 0.456 e. The zero-order valence-corrected chi connectivity index (χ0v) is 14.9. The molecule has 3 aromatic rings. The zero-order chi connectivity index (χ0) is 17.1. The van der Waals surface area contributed by atoms with E-state index in [-0.39, 0.29) is 0 Å². The zero-order valence-electron chi connectivity index (χ0n) is 14.9. The first-order valence-corrected chi connectivity index (χ1v) is 9.95. The van der Waals surface area contributed by atoms with E-state index in [9.17, 15) is 0 Å². The molecule has 2 heterocycles. The fourth-order valence-corrected chi connectivity index (χ4v) is 5.32. The predicted molar refractivity (Wildman–Crippen MR) is 106 cm³/mol. The van der Waals surface area contributed by atoms with Gasteiger partial charge in [0.1, 0.15) is 11.2 Å². The van der Waals surface area contributed by atoms with Crippen LogP contribution in [0, 0.1) is 5.92 Å². The van der Waals surface area contributed by atoms with Crippen LogP contribution in [-0.4, -0.2) is 6.04 Å². The molecule has 0 radical (unpaired) electrons. The van der Waals surface area contributed by atoms with Gasteiger partial charge in [0.25, 0.3) is 0 Å². The Morgan fingerprint density at radius 1 is 0.885 bits per heavy atom. The first-order chi connectivity index (χ1) is 12.9. The first-order valence-electron chi connectivity index (χ1n) is 9.95. The number of para-hydroxylation sites is 1. The van der Waals surface area contributed by atoms with E-state index in [0.29, 0.717) is 17.9 Å². The Morgan fingerprint density at radius 2 is 1.77 bits per heavy atom. The van der Waals surface area contributed by atoms with Gasteiger partial charge in [0.2, 0.25) is 0 Å². The molecule has 0 bridgehead atoms. The minimum atomic E-state index is 0.505. The molecule has 2 aliphatic carbocycles. The van der Waals surface area contributed by atoms with Crippen molar-refractivity contribution in [1.29, 1.82) is 0 Å². The number of hydrogen-bond acceptors (Lipinski definition) is 2. The SMILES string of the molecule is C1=CC2NC3=C(CCCC3)C2CC1c1ccc2oc3ccccc3c2c1. The van der Waals surface area contributed by atoms with Crippen LogP contribution >= 0.6 is 0 Å². The topological polar surface area (TPSA) is 25.2 Å². The molecule has 0 saturated heterocycles. The Labute approximate surface area is 153 Å². The molecule has 2 aromatic carbocycles. The van der Waals surface area contributed by atoms with E-state index >= 15 is 0 Å². The van der Waals surface area contributed by atoms with Crippen molar-refractivity contribution in [2.24, 2.45) is 5.92 Å². The maximum Gasteiger partial charge on any atom is 0.135 e. The molecule has 6 rings (SSSR count). The average Bonchev–Trinajstić information content (AvgIpc) is 3.25. The summed E-state index contributed by atoms with van der Waals surface area (Å²) in [5.74, 6) is 1.20. The van der Waals surface area contributed by atoms with Crippen molar-refractivity contribution >= 4 is 21.9 Å². The highest BCUT2D eigenvalue weighted by Crippen LogP contribution is 2.44. The van der Waals surface area contributed by atoms with E-state index < -0.39 is 0 Å². The second-order valence-electron chi connectivity index (χ2n) is 8.07. The lowest BCUT2D eigenvalue weighted by Gasteiger charge is -2.29. The standard InChI is InChI=1S/C24H23NO/c1-3-7-21-17(5-1)19-13-15(9-11-22(19)25-21)16-10-12-24-20(14-16)18-6-2-4-8-23(18)26-24/h2,4,6,8-12,14-15,19,22,25H,1,3,5,7,13H2.